The minimum Gasteiger partial charge on any atom is -0.461 e. The molecule has 0 bridgehead atoms. The Morgan fingerprint density at radius 1 is 1.52 bits per heavy atom. The van der Waals surface area contributed by atoms with Crippen molar-refractivity contribution < 1.29 is 19.1 Å². The Kier molecular flexibility index (Phi) is 6.24. The Morgan fingerprint density at radius 2 is 2.19 bits per heavy atom. The summed E-state index contributed by atoms with van der Waals surface area (Å²) in [7, 11) is 0. The fraction of sp³-hybridized carbons (Fsp3) is 0.750. The van der Waals surface area contributed by atoms with Gasteiger partial charge in [0.25, 0.3) is 0 Å². The van der Waals surface area contributed by atoms with Gasteiger partial charge in [0.05, 0.1) is 0 Å². The zero-order valence-electron chi connectivity index (χ0n) is 13.5. The second-order valence-corrected chi connectivity index (χ2v) is 6.45. The molecule has 1 aliphatic rings. The van der Waals surface area contributed by atoms with Crippen molar-refractivity contribution >= 4 is 12.1 Å². The van der Waals surface area contributed by atoms with E-state index >= 15 is 0 Å². The largest absolute Gasteiger partial charge is 0.461 e. The molecule has 0 spiro atoms. The molecule has 1 amide bonds. The monoisotopic (exact) mass is 297 g/mol. The molecule has 5 heteroatoms. The molecule has 1 aliphatic heterocycles. The van der Waals surface area contributed by atoms with Gasteiger partial charge < -0.3 is 14.8 Å². The summed E-state index contributed by atoms with van der Waals surface area (Å²) in [5, 5.41) is 2.65. The predicted molar refractivity (Wildman–Crippen MR) is 80.9 cm³/mol. The number of hydrogen-bond donors (Lipinski definition) is 1. The third kappa shape index (κ3) is 5.78. The second kappa shape index (κ2) is 7.48. The van der Waals surface area contributed by atoms with Crippen molar-refractivity contribution in [1.82, 2.24) is 5.32 Å². The van der Waals surface area contributed by atoms with Crippen LogP contribution in [-0.4, -0.2) is 29.8 Å². The smallest absolute Gasteiger partial charge is 0.408 e. The molecular formula is C16H27NO4. The van der Waals surface area contributed by atoms with Gasteiger partial charge in [0, 0.05) is 0 Å². The summed E-state index contributed by atoms with van der Waals surface area (Å²) >= 11 is 0. The van der Waals surface area contributed by atoms with Crippen LogP contribution in [0.1, 0.15) is 53.4 Å². The van der Waals surface area contributed by atoms with Crippen molar-refractivity contribution in [3.05, 3.63) is 12.7 Å². The molecule has 3 unspecified atom stereocenters. The zero-order valence-corrected chi connectivity index (χ0v) is 13.5. The lowest BCUT2D eigenvalue weighted by molar-refractivity contribution is -0.161. The van der Waals surface area contributed by atoms with Crippen LogP contribution in [0.5, 0.6) is 0 Å². The average molecular weight is 297 g/mol. The van der Waals surface area contributed by atoms with Crippen molar-refractivity contribution in [1.29, 1.82) is 0 Å². The Bertz CT molecular complexity index is 386. The summed E-state index contributed by atoms with van der Waals surface area (Å²) in [5.74, 6) is -0.290. The number of nitrogens with one attached hydrogen (secondary N) is 1. The first-order chi connectivity index (χ1) is 9.76. The van der Waals surface area contributed by atoms with E-state index in [1.54, 1.807) is 20.8 Å². The van der Waals surface area contributed by atoms with E-state index in [4.69, 9.17) is 9.47 Å². The Hall–Kier alpha value is -1.52. The van der Waals surface area contributed by atoms with Crippen LogP contribution < -0.4 is 5.32 Å². The molecule has 120 valence electrons. The first-order valence-electron chi connectivity index (χ1n) is 7.57. The van der Waals surface area contributed by atoms with Gasteiger partial charge in [0.15, 0.2) is 0 Å². The quantitative estimate of drug-likeness (QED) is 0.625. The fourth-order valence-corrected chi connectivity index (χ4v) is 2.45. The molecule has 0 aromatic rings. The number of ether oxygens (including phenoxy) is 2. The number of hydrogen-bond acceptors (Lipinski definition) is 4. The Balaban J connectivity index is 2.63. The van der Waals surface area contributed by atoms with Gasteiger partial charge in [-0.2, -0.15) is 0 Å². The lowest BCUT2D eigenvalue weighted by Gasteiger charge is -2.35. The van der Waals surface area contributed by atoms with E-state index in [1.165, 1.54) is 0 Å². The summed E-state index contributed by atoms with van der Waals surface area (Å²) < 4.78 is 10.6. The molecule has 0 aliphatic carbocycles. The van der Waals surface area contributed by atoms with Gasteiger partial charge in [-0.25, -0.2) is 9.59 Å². The fourth-order valence-electron chi connectivity index (χ4n) is 2.45. The molecule has 21 heavy (non-hydrogen) atoms. The number of carbonyl (C=O) groups is 2. The van der Waals surface area contributed by atoms with Gasteiger partial charge in [0.1, 0.15) is 17.7 Å². The van der Waals surface area contributed by atoms with E-state index < -0.39 is 17.7 Å². The van der Waals surface area contributed by atoms with Crippen LogP contribution in [0, 0.1) is 5.92 Å². The van der Waals surface area contributed by atoms with E-state index in [1.807, 2.05) is 13.0 Å². The van der Waals surface area contributed by atoms with Gasteiger partial charge in [-0.3, -0.25) is 0 Å². The highest BCUT2D eigenvalue weighted by molar-refractivity contribution is 5.82. The minimum absolute atomic E-state index is 0.0774. The van der Waals surface area contributed by atoms with Crippen LogP contribution in [0.4, 0.5) is 4.79 Å². The van der Waals surface area contributed by atoms with Crippen molar-refractivity contribution in [3.8, 4) is 0 Å². The van der Waals surface area contributed by atoms with Crippen molar-refractivity contribution in [3.63, 3.8) is 0 Å². The minimum atomic E-state index is -0.621. The SMILES string of the molecule is C=CCCC1CC(CC)C(NC(=O)OC(C)(C)C)C(=O)O1. The molecular weight excluding hydrogens is 270 g/mol. The summed E-state index contributed by atoms with van der Waals surface area (Å²) in [6.45, 7) is 11.0. The number of esters is 1. The van der Waals surface area contributed by atoms with Crippen molar-refractivity contribution in [2.45, 2.75) is 71.1 Å². The van der Waals surface area contributed by atoms with E-state index in [2.05, 4.69) is 11.9 Å². The van der Waals surface area contributed by atoms with Crippen LogP contribution in [0.15, 0.2) is 12.7 Å². The van der Waals surface area contributed by atoms with Crippen LogP contribution in [0.3, 0.4) is 0 Å². The van der Waals surface area contributed by atoms with Gasteiger partial charge in [-0.15, -0.1) is 6.58 Å². The summed E-state index contributed by atoms with van der Waals surface area (Å²) in [5.41, 5.74) is -0.586. The lowest BCUT2D eigenvalue weighted by Crippen LogP contribution is -2.52. The molecule has 1 saturated heterocycles. The molecule has 1 N–H and O–H groups in total. The Morgan fingerprint density at radius 3 is 2.71 bits per heavy atom. The van der Waals surface area contributed by atoms with Crippen molar-refractivity contribution in [2.24, 2.45) is 5.92 Å². The predicted octanol–water partition coefficient (Wildman–Crippen LogP) is 3.19. The van der Waals surface area contributed by atoms with Gasteiger partial charge in [0.2, 0.25) is 0 Å². The first-order valence-corrected chi connectivity index (χ1v) is 7.57. The normalized spacial score (nSPS) is 25.9. The molecule has 0 saturated carbocycles. The topological polar surface area (TPSA) is 64.6 Å². The van der Waals surface area contributed by atoms with Gasteiger partial charge in [-0.05, 0) is 46.0 Å². The second-order valence-electron chi connectivity index (χ2n) is 6.45. The molecule has 0 aromatic carbocycles. The lowest BCUT2D eigenvalue weighted by atomic mass is 9.87. The molecule has 1 rings (SSSR count). The third-order valence-corrected chi connectivity index (χ3v) is 3.46. The van der Waals surface area contributed by atoms with Gasteiger partial charge in [-0.1, -0.05) is 19.4 Å². The number of allylic oxidation sites excluding steroid dienone is 1. The maximum atomic E-state index is 12.1. The maximum Gasteiger partial charge on any atom is 0.408 e. The van der Waals surface area contributed by atoms with E-state index in [0.717, 1.165) is 25.7 Å². The highest BCUT2D eigenvalue weighted by Gasteiger charge is 2.38. The Labute approximate surface area is 127 Å². The van der Waals surface area contributed by atoms with Crippen LogP contribution in [0.25, 0.3) is 0 Å². The third-order valence-electron chi connectivity index (χ3n) is 3.46. The number of cyclic esters (lactones) is 1. The van der Waals surface area contributed by atoms with Crippen LogP contribution in [0.2, 0.25) is 0 Å². The number of carbonyl (C=O) groups excluding carboxylic acids is 2. The molecule has 5 nitrogen and oxygen atoms in total. The highest BCUT2D eigenvalue weighted by atomic mass is 16.6. The molecule has 0 aromatic heterocycles. The summed E-state index contributed by atoms with van der Waals surface area (Å²) in [4.78, 5) is 24.0. The average Bonchev–Trinajstić information content (AvgIpc) is 2.36. The molecule has 0 radical (unpaired) electrons. The summed E-state index contributed by atoms with van der Waals surface area (Å²) in [6, 6.07) is -0.621. The van der Waals surface area contributed by atoms with Crippen LogP contribution in [-0.2, 0) is 14.3 Å². The number of amides is 1. The molecule has 1 heterocycles. The standard InChI is InChI=1S/C16H27NO4/c1-6-8-9-12-10-11(7-2)13(14(18)20-12)17-15(19)21-16(3,4)5/h6,11-13H,1,7-10H2,2-5H3,(H,17,19). The van der Waals surface area contributed by atoms with E-state index in [0.29, 0.717) is 0 Å². The molecule has 3 atom stereocenters. The van der Waals surface area contributed by atoms with E-state index in [9.17, 15) is 9.59 Å². The zero-order chi connectivity index (χ0) is 16.0. The van der Waals surface area contributed by atoms with E-state index in [-0.39, 0.29) is 18.0 Å². The molecule has 1 fully saturated rings. The first kappa shape index (κ1) is 17.5. The summed E-state index contributed by atoms with van der Waals surface area (Å²) in [6.07, 6.45) is 4.32. The highest BCUT2D eigenvalue weighted by Crippen LogP contribution is 2.27. The van der Waals surface area contributed by atoms with Gasteiger partial charge >= 0.3 is 12.1 Å². The van der Waals surface area contributed by atoms with Crippen molar-refractivity contribution in [2.75, 3.05) is 0 Å². The number of alkyl carbamates (subject to hydrolysis) is 1. The van der Waals surface area contributed by atoms with Crippen LogP contribution >= 0.6 is 0 Å². The maximum absolute atomic E-state index is 12.1. The number of rotatable bonds is 5.